The number of alkyl halides is 1. The van der Waals surface area contributed by atoms with Crippen molar-refractivity contribution in [2.45, 2.75) is 6.42 Å². The molecule has 0 unspecified atom stereocenters. The molecule has 1 aliphatic heterocycles. The summed E-state index contributed by atoms with van der Waals surface area (Å²) in [6.45, 7) is 0.889. The molecule has 0 fully saturated rings. The van der Waals surface area contributed by atoms with Crippen LogP contribution in [0.1, 0.15) is 5.56 Å². The molecule has 1 aliphatic rings. The van der Waals surface area contributed by atoms with Crippen LogP contribution >= 0.6 is 22.6 Å². The molecule has 0 amide bonds. The molecular formula is C10H11IO. The van der Waals surface area contributed by atoms with E-state index in [1.54, 1.807) is 0 Å². The van der Waals surface area contributed by atoms with Gasteiger partial charge in [0.25, 0.3) is 0 Å². The molecule has 64 valence electrons. The van der Waals surface area contributed by atoms with E-state index in [2.05, 4.69) is 40.8 Å². The summed E-state index contributed by atoms with van der Waals surface area (Å²) in [6, 6.07) is 8.33. The number of hydrogen-bond donors (Lipinski definition) is 0. The Balaban J connectivity index is 2.23. The van der Waals surface area contributed by atoms with Gasteiger partial charge in [0.2, 0.25) is 0 Å². The van der Waals surface area contributed by atoms with Gasteiger partial charge in [0.05, 0.1) is 6.61 Å². The van der Waals surface area contributed by atoms with E-state index in [0.717, 1.165) is 12.4 Å². The molecule has 0 aromatic heterocycles. The summed E-state index contributed by atoms with van der Waals surface area (Å²) in [5.41, 5.74) is 1.37. The van der Waals surface area contributed by atoms with E-state index in [1.165, 1.54) is 16.4 Å². The Bertz CT molecular complexity index is 272. The molecule has 1 atom stereocenters. The highest BCUT2D eigenvalue weighted by Crippen LogP contribution is 2.27. The van der Waals surface area contributed by atoms with Crippen molar-refractivity contribution >= 4 is 22.6 Å². The molecule has 2 rings (SSSR count). The number of rotatable bonds is 1. The smallest absolute Gasteiger partial charge is 0.122 e. The molecule has 0 radical (unpaired) electrons. The monoisotopic (exact) mass is 274 g/mol. The van der Waals surface area contributed by atoms with Crippen LogP contribution in [0.4, 0.5) is 0 Å². The Labute approximate surface area is 86.3 Å². The highest BCUT2D eigenvalue weighted by atomic mass is 127. The normalized spacial score (nSPS) is 21.2. The molecule has 0 saturated carbocycles. The third-order valence-corrected chi connectivity index (χ3v) is 3.42. The molecule has 0 aliphatic carbocycles. The van der Waals surface area contributed by atoms with Gasteiger partial charge in [-0.3, -0.25) is 0 Å². The zero-order valence-electron chi connectivity index (χ0n) is 6.79. The number of para-hydroxylation sites is 1. The maximum atomic E-state index is 5.62. The average molecular weight is 274 g/mol. The Morgan fingerprint density at radius 2 is 2.25 bits per heavy atom. The van der Waals surface area contributed by atoms with Gasteiger partial charge in [-0.05, 0) is 18.1 Å². The molecule has 1 heterocycles. The molecular weight excluding hydrogens is 263 g/mol. The van der Waals surface area contributed by atoms with E-state index in [9.17, 15) is 0 Å². The van der Waals surface area contributed by atoms with Crippen molar-refractivity contribution in [3.05, 3.63) is 29.8 Å². The van der Waals surface area contributed by atoms with E-state index < -0.39 is 0 Å². The zero-order chi connectivity index (χ0) is 8.39. The van der Waals surface area contributed by atoms with E-state index in [-0.39, 0.29) is 0 Å². The van der Waals surface area contributed by atoms with Gasteiger partial charge in [0.1, 0.15) is 5.75 Å². The van der Waals surface area contributed by atoms with Crippen molar-refractivity contribution in [3.63, 3.8) is 0 Å². The fraction of sp³-hybridized carbons (Fsp3) is 0.400. The number of halogens is 1. The van der Waals surface area contributed by atoms with Crippen LogP contribution in [0.3, 0.4) is 0 Å². The highest BCUT2D eigenvalue weighted by Gasteiger charge is 2.17. The van der Waals surface area contributed by atoms with Crippen LogP contribution in [-0.4, -0.2) is 11.0 Å². The minimum Gasteiger partial charge on any atom is -0.493 e. The van der Waals surface area contributed by atoms with Crippen molar-refractivity contribution in [3.8, 4) is 5.75 Å². The molecule has 2 heteroatoms. The average Bonchev–Trinajstić information content (AvgIpc) is 2.17. The minimum absolute atomic E-state index is 0.709. The second-order valence-corrected chi connectivity index (χ2v) is 4.02. The Morgan fingerprint density at radius 3 is 3.08 bits per heavy atom. The van der Waals surface area contributed by atoms with Crippen LogP contribution in [0.2, 0.25) is 0 Å². The lowest BCUT2D eigenvalue weighted by Gasteiger charge is -2.23. The van der Waals surface area contributed by atoms with Crippen molar-refractivity contribution in [1.82, 2.24) is 0 Å². The summed E-state index contributed by atoms with van der Waals surface area (Å²) in [5.74, 6) is 1.79. The Hall–Kier alpha value is -0.250. The first-order chi connectivity index (χ1) is 5.90. The van der Waals surface area contributed by atoms with Gasteiger partial charge in [-0.2, -0.15) is 0 Å². The topological polar surface area (TPSA) is 9.23 Å². The fourth-order valence-electron chi connectivity index (χ4n) is 1.49. The summed E-state index contributed by atoms with van der Waals surface area (Å²) in [7, 11) is 0. The molecule has 1 nitrogen and oxygen atoms in total. The molecule has 1 aromatic carbocycles. The zero-order valence-corrected chi connectivity index (χ0v) is 8.95. The summed E-state index contributed by atoms with van der Waals surface area (Å²) < 4.78 is 6.81. The van der Waals surface area contributed by atoms with Crippen LogP contribution in [0.15, 0.2) is 24.3 Å². The lowest BCUT2D eigenvalue weighted by Crippen LogP contribution is -2.21. The number of benzene rings is 1. The SMILES string of the molecule is IC[C@@H]1COc2ccccc2C1. The van der Waals surface area contributed by atoms with Crippen LogP contribution < -0.4 is 4.74 Å². The van der Waals surface area contributed by atoms with Crippen LogP contribution in [0.25, 0.3) is 0 Å². The van der Waals surface area contributed by atoms with E-state index in [1.807, 2.05) is 6.07 Å². The van der Waals surface area contributed by atoms with Crippen molar-refractivity contribution in [1.29, 1.82) is 0 Å². The second-order valence-electron chi connectivity index (χ2n) is 3.14. The van der Waals surface area contributed by atoms with Gasteiger partial charge in [0.15, 0.2) is 0 Å². The first kappa shape index (κ1) is 8.35. The molecule has 0 saturated heterocycles. The van der Waals surface area contributed by atoms with Crippen molar-refractivity contribution in [2.24, 2.45) is 5.92 Å². The number of hydrogen-bond acceptors (Lipinski definition) is 1. The first-order valence-electron chi connectivity index (χ1n) is 4.17. The van der Waals surface area contributed by atoms with Gasteiger partial charge in [0, 0.05) is 10.3 Å². The van der Waals surface area contributed by atoms with Gasteiger partial charge in [-0.1, -0.05) is 40.8 Å². The van der Waals surface area contributed by atoms with E-state index >= 15 is 0 Å². The van der Waals surface area contributed by atoms with E-state index in [0.29, 0.717) is 5.92 Å². The molecule has 0 bridgehead atoms. The summed E-state index contributed by atoms with van der Waals surface area (Å²) in [4.78, 5) is 0. The molecule has 0 N–H and O–H groups in total. The second kappa shape index (κ2) is 3.64. The molecule has 0 spiro atoms. The predicted octanol–water partition coefficient (Wildman–Crippen LogP) is 2.67. The summed E-state index contributed by atoms with van der Waals surface area (Å²) in [6.07, 6.45) is 1.18. The number of fused-ring (bicyclic) bond motifs is 1. The first-order valence-corrected chi connectivity index (χ1v) is 5.69. The highest BCUT2D eigenvalue weighted by molar-refractivity contribution is 14.1. The quantitative estimate of drug-likeness (QED) is 0.565. The van der Waals surface area contributed by atoms with Crippen molar-refractivity contribution in [2.75, 3.05) is 11.0 Å². The molecule has 1 aromatic rings. The predicted molar refractivity (Wildman–Crippen MR) is 58.0 cm³/mol. The standard InChI is InChI=1S/C10H11IO/c11-6-8-5-9-3-1-2-4-10(9)12-7-8/h1-4,8H,5-7H2/t8-/m1/s1. The Morgan fingerprint density at radius 1 is 1.42 bits per heavy atom. The van der Waals surface area contributed by atoms with Gasteiger partial charge >= 0.3 is 0 Å². The maximum Gasteiger partial charge on any atom is 0.122 e. The van der Waals surface area contributed by atoms with Crippen molar-refractivity contribution < 1.29 is 4.74 Å². The molecule has 12 heavy (non-hydrogen) atoms. The van der Waals surface area contributed by atoms with Crippen LogP contribution in [0.5, 0.6) is 5.75 Å². The van der Waals surface area contributed by atoms with Crippen LogP contribution in [0, 0.1) is 5.92 Å². The summed E-state index contributed by atoms with van der Waals surface area (Å²) >= 11 is 2.43. The van der Waals surface area contributed by atoms with Gasteiger partial charge in [-0.25, -0.2) is 0 Å². The number of ether oxygens (including phenoxy) is 1. The lowest BCUT2D eigenvalue weighted by atomic mass is 9.99. The van der Waals surface area contributed by atoms with E-state index in [4.69, 9.17) is 4.74 Å². The van der Waals surface area contributed by atoms with Crippen LogP contribution in [-0.2, 0) is 6.42 Å². The third-order valence-electron chi connectivity index (χ3n) is 2.17. The maximum absolute atomic E-state index is 5.62. The van der Waals surface area contributed by atoms with Gasteiger partial charge in [-0.15, -0.1) is 0 Å². The minimum atomic E-state index is 0.709. The lowest BCUT2D eigenvalue weighted by molar-refractivity contribution is 0.238. The largest absolute Gasteiger partial charge is 0.493 e. The fourth-order valence-corrected chi connectivity index (χ4v) is 2.06. The Kier molecular flexibility index (Phi) is 2.54. The summed E-state index contributed by atoms with van der Waals surface area (Å²) in [5, 5.41) is 0. The third kappa shape index (κ3) is 1.58. The van der Waals surface area contributed by atoms with Gasteiger partial charge < -0.3 is 4.74 Å².